The van der Waals surface area contributed by atoms with E-state index in [1.54, 1.807) is 0 Å². The molecule has 2 atom stereocenters. The summed E-state index contributed by atoms with van der Waals surface area (Å²) in [5.41, 5.74) is 1.05. The second kappa shape index (κ2) is 11.1. The SMILES string of the molecule is CNCC1CCN(C(=O)C(C)N2CCN(c3ccc(F)cc3)CC2)C1.Cl.Cl. The Morgan fingerprint density at radius 3 is 2.37 bits per heavy atom. The molecule has 0 radical (unpaired) electrons. The van der Waals surface area contributed by atoms with E-state index in [-0.39, 0.29) is 42.6 Å². The van der Waals surface area contributed by atoms with Crippen molar-refractivity contribution in [3.05, 3.63) is 30.1 Å². The molecule has 0 spiro atoms. The minimum Gasteiger partial charge on any atom is -0.369 e. The Morgan fingerprint density at radius 2 is 1.78 bits per heavy atom. The van der Waals surface area contributed by atoms with Crippen LogP contribution in [0.25, 0.3) is 0 Å². The molecule has 1 aromatic carbocycles. The van der Waals surface area contributed by atoms with Gasteiger partial charge in [0.25, 0.3) is 0 Å². The summed E-state index contributed by atoms with van der Waals surface area (Å²) in [6.07, 6.45) is 1.09. The molecule has 0 saturated carbocycles. The van der Waals surface area contributed by atoms with Gasteiger partial charge < -0.3 is 15.1 Å². The van der Waals surface area contributed by atoms with Crippen molar-refractivity contribution in [3.8, 4) is 0 Å². The van der Waals surface area contributed by atoms with E-state index in [4.69, 9.17) is 0 Å². The molecular formula is C19H31Cl2FN4O. The van der Waals surface area contributed by atoms with E-state index in [0.717, 1.165) is 57.9 Å². The second-order valence-electron chi connectivity index (χ2n) is 7.17. The molecule has 2 aliphatic heterocycles. The van der Waals surface area contributed by atoms with Gasteiger partial charge in [0.05, 0.1) is 6.04 Å². The number of hydrogen-bond donors (Lipinski definition) is 1. The molecule has 8 heteroatoms. The summed E-state index contributed by atoms with van der Waals surface area (Å²) in [5.74, 6) is 0.633. The average molecular weight is 421 g/mol. The van der Waals surface area contributed by atoms with Gasteiger partial charge in [0.15, 0.2) is 0 Å². The number of nitrogens with one attached hydrogen (secondary N) is 1. The molecule has 2 saturated heterocycles. The molecule has 2 heterocycles. The Labute approximate surface area is 174 Å². The summed E-state index contributed by atoms with van der Waals surface area (Å²) in [6.45, 7) is 8.22. The second-order valence-corrected chi connectivity index (χ2v) is 7.17. The fourth-order valence-electron chi connectivity index (χ4n) is 3.93. The first-order chi connectivity index (χ1) is 12.1. The van der Waals surface area contributed by atoms with Crippen molar-refractivity contribution in [2.24, 2.45) is 5.92 Å². The van der Waals surface area contributed by atoms with E-state index < -0.39 is 0 Å². The van der Waals surface area contributed by atoms with Crippen molar-refractivity contribution in [1.82, 2.24) is 15.1 Å². The van der Waals surface area contributed by atoms with Crippen LogP contribution in [0.4, 0.5) is 10.1 Å². The number of rotatable bonds is 5. The maximum atomic E-state index is 13.1. The van der Waals surface area contributed by atoms with E-state index in [2.05, 4.69) is 15.1 Å². The molecule has 5 nitrogen and oxygen atoms in total. The number of likely N-dealkylation sites (tertiary alicyclic amines) is 1. The molecule has 154 valence electrons. The Balaban J connectivity index is 0.00000182. The smallest absolute Gasteiger partial charge is 0.239 e. The van der Waals surface area contributed by atoms with Crippen LogP contribution in [-0.4, -0.2) is 74.6 Å². The third-order valence-corrected chi connectivity index (χ3v) is 5.50. The molecule has 1 aromatic rings. The molecule has 2 aliphatic rings. The number of hydrogen-bond acceptors (Lipinski definition) is 4. The number of anilines is 1. The van der Waals surface area contributed by atoms with Crippen LogP contribution in [0.1, 0.15) is 13.3 Å². The zero-order valence-electron chi connectivity index (χ0n) is 16.1. The molecule has 0 aliphatic carbocycles. The lowest BCUT2D eigenvalue weighted by Gasteiger charge is -2.39. The van der Waals surface area contributed by atoms with Gasteiger partial charge in [-0.1, -0.05) is 0 Å². The standard InChI is InChI=1S/C19H29FN4O.2ClH/c1-15(19(25)24-8-7-16(14-24)13-21-2)22-9-11-23(12-10-22)18-5-3-17(20)4-6-18;;/h3-6,15-16,21H,7-14H2,1-2H3;2*1H. The van der Waals surface area contributed by atoms with Crippen LogP contribution < -0.4 is 10.2 Å². The highest BCUT2D eigenvalue weighted by Crippen LogP contribution is 2.20. The Bertz CT molecular complexity index is 582. The summed E-state index contributed by atoms with van der Waals surface area (Å²) in [6, 6.07) is 6.59. The van der Waals surface area contributed by atoms with E-state index in [1.807, 2.05) is 31.0 Å². The minimum atomic E-state index is -0.205. The van der Waals surface area contributed by atoms with Gasteiger partial charge in [-0.3, -0.25) is 9.69 Å². The first-order valence-electron chi connectivity index (χ1n) is 9.26. The van der Waals surface area contributed by atoms with Crippen LogP contribution in [0.15, 0.2) is 24.3 Å². The predicted octanol–water partition coefficient (Wildman–Crippen LogP) is 2.25. The number of halogens is 3. The van der Waals surface area contributed by atoms with Gasteiger partial charge in [0, 0.05) is 45.0 Å². The van der Waals surface area contributed by atoms with Gasteiger partial charge in [-0.15, -0.1) is 24.8 Å². The van der Waals surface area contributed by atoms with Crippen molar-refractivity contribution in [1.29, 1.82) is 0 Å². The number of carbonyl (C=O) groups is 1. The van der Waals surface area contributed by atoms with Crippen molar-refractivity contribution in [2.75, 3.05) is 57.8 Å². The van der Waals surface area contributed by atoms with Gasteiger partial charge in [0.2, 0.25) is 5.91 Å². The highest BCUT2D eigenvalue weighted by molar-refractivity contribution is 5.85. The lowest BCUT2D eigenvalue weighted by atomic mass is 10.1. The van der Waals surface area contributed by atoms with Crippen LogP contribution in [0, 0.1) is 11.7 Å². The Morgan fingerprint density at radius 1 is 1.15 bits per heavy atom. The van der Waals surface area contributed by atoms with Crippen LogP contribution in [0.5, 0.6) is 0 Å². The summed E-state index contributed by atoms with van der Waals surface area (Å²) in [4.78, 5) is 19.3. The molecule has 1 N–H and O–H groups in total. The largest absolute Gasteiger partial charge is 0.369 e. The third kappa shape index (κ3) is 5.95. The summed E-state index contributed by atoms with van der Waals surface area (Å²) in [7, 11) is 1.97. The van der Waals surface area contributed by atoms with E-state index in [9.17, 15) is 9.18 Å². The Hall–Kier alpha value is -1.08. The van der Waals surface area contributed by atoms with Gasteiger partial charge in [-0.2, -0.15) is 0 Å². The highest BCUT2D eigenvalue weighted by atomic mass is 35.5. The van der Waals surface area contributed by atoms with Crippen molar-refractivity contribution >= 4 is 36.4 Å². The van der Waals surface area contributed by atoms with Crippen LogP contribution >= 0.6 is 24.8 Å². The van der Waals surface area contributed by atoms with Crippen molar-refractivity contribution in [2.45, 2.75) is 19.4 Å². The fraction of sp³-hybridized carbons (Fsp3) is 0.632. The van der Waals surface area contributed by atoms with Gasteiger partial charge >= 0.3 is 0 Å². The van der Waals surface area contributed by atoms with E-state index in [1.165, 1.54) is 12.1 Å². The van der Waals surface area contributed by atoms with Gasteiger partial charge in [-0.05, 0) is 57.1 Å². The maximum Gasteiger partial charge on any atom is 0.239 e. The number of carbonyl (C=O) groups excluding carboxylic acids is 1. The summed E-state index contributed by atoms with van der Waals surface area (Å²) < 4.78 is 13.1. The first-order valence-corrected chi connectivity index (χ1v) is 9.26. The molecule has 27 heavy (non-hydrogen) atoms. The fourth-order valence-corrected chi connectivity index (χ4v) is 3.93. The first kappa shape index (κ1) is 24.0. The van der Waals surface area contributed by atoms with Gasteiger partial charge in [-0.25, -0.2) is 4.39 Å². The third-order valence-electron chi connectivity index (χ3n) is 5.50. The summed E-state index contributed by atoms with van der Waals surface area (Å²) >= 11 is 0. The van der Waals surface area contributed by atoms with E-state index in [0.29, 0.717) is 5.92 Å². The molecule has 0 aromatic heterocycles. The average Bonchev–Trinajstić information content (AvgIpc) is 3.10. The molecule has 2 unspecified atom stereocenters. The number of amides is 1. The normalized spacial score (nSPS) is 21.4. The molecular weight excluding hydrogens is 390 g/mol. The summed E-state index contributed by atoms with van der Waals surface area (Å²) in [5, 5.41) is 3.21. The maximum absolute atomic E-state index is 13.1. The number of benzene rings is 1. The molecule has 1 amide bonds. The van der Waals surface area contributed by atoms with Crippen molar-refractivity contribution in [3.63, 3.8) is 0 Å². The lowest BCUT2D eigenvalue weighted by Crippen LogP contribution is -2.54. The quantitative estimate of drug-likeness (QED) is 0.792. The zero-order valence-corrected chi connectivity index (χ0v) is 17.7. The molecule has 3 rings (SSSR count). The predicted molar refractivity (Wildman–Crippen MR) is 113 cm³/mol. The minimum absolute atomic E-state index is 0. The number of piperazine rings is 1. The molecule has 0 bridgehead atoms. The number of nitrogens with zero attached hydrogens (tertiary/aromatic N) is 3. The highest BCUT2D eigenvalue weighted by Gasteiger charge is 2.32. The van der Waals surface area contributed by atoms with E-state index >= 15 is 0 Å². The van der Waals surface area contributed by atoms with Crippen LogP contribution in [-0.2, 0) is 4.79 Å². The topological polar surface area (TPSA) is 38.8 Å². The van der Waals surface area contributed by atoms with Gasteiger partial charge in [0.1, 0.15) is 5.82 Å². The van der Waals surface area contributed by atoms with Crippen molar-refractivity contribution < 1.29 is 9.18 Å². The lowest BCUT2D eigenvalue weighted by molar-refractivity contribution is -0.135. The Kier molecular flexibility index (Phi) is 9.81. The zero-order chi connectivity index (χ0) is 17.8. The molecule has 2 fully saturated rings. The van der Waals surface area contributed by atoms with Crippen LogP contribution in [0.2, 0.25) is 0 Å². The monoisotopic (exact) mass is 420 g/mol. The van der Waals surface area contributed by atoms with Crippen LogP contribution in [0.3, 0.4) is 0 Å².